The van der Waals surface area contributed by atoms with Crippen LogP contribution in [0.4, 0.5) is 0 Å². The Morgan fingerprint density at radius 2 is 1.06 bits per heavy atom. The molecule has 0 aromatic heterocycles. The number of aliphatic hydroxyl groups is 1. The summed E-state index contributed by atoms with van der Waals surface area (Å²) < 4.78 is 16.8. The van der Waals surface area contributed by atoms with Crippen molar-refractivity contribution in [2.24, 2.45) is 5.73 Å². The highest BCUT2D eigenvalue weighted by molar-refractivity contribution is 6.18. The van der Waals surface area contributed by atoms with Crippen LogP contribution >= 0.6 is 11.6 Å². The third kappa shape index (κ3) is 29.9. The Morgan fingerprint density at radius 1 is 0.606 bits per heavy atom. The van der Waals surface area contributed by atoms with Crippen molar-refractivity contribution in [2.75, 3.05) is 84.9 Å². The molecule has 200 valence electrons. The molecule has 0 fully saturated rings. The summed E-state index contributed by atoms with van der Waals surface area (Å²) in [5.41, 5.74) is 5.45. The highest BCUT2D eigenvalue weighted by Crippen LogP contribution is 1.95. The summed E-state index contributed by atoms with van der Waals surface area (Å²) >= 11 is 5.54. The maximum Gasteiger partial charge on any atom is 0.0965 e. The monoisotopic (exact) mass is 496 g/mol. The van der Waals surface area contributed by atoms with Gasteiger partial charge < -0.3 is 35.7 Å². The van der Waals surface area contributed by atoms with Crippen molar-refractivity contribution in [3.63, 3.8) is 0 Å². The number of ether oxygens (including phenoxy) is 3. The van der Waals surface area contributed by atoms with Crippen LogP contribution in [0, 0.1) is 0 Å². The number of nitrogens with one attached hydrogen (secondary N) is 3. The van der Waals surface area contributed by atoms with Gasteiger partial charge in [-0.05, 0) is 96.9 Å². The van der Waals surface area contributed by atoms with Crippen LogP contribution in [0.15, 0.2) is 0 Å². The first-order valence-electron chi connectivity index (χ1n) is 13.1. The number of halogens is 1. The largest absolute Gasteiger partial charge is 0.391 e. The number of hydrogen-bond donors (Lipinski definition) is 5. The Bertz CT molecular complexity index is 360. The Kier molecular flexibility index (Phi) is 30.0. The van der Waals surface area contributed by atoms with Gasteiger partial charge in [0.25, 0.3) is 0 Å². The molecule has 0 amide bonds. The van der Waals surface area contributed by atoms with E-state index >= 15 is 0 Å². The van der Waals surface area contributed by atoms with Crippen LogP contribution in [0.3, 0.4) is 0 Å². The van der Waals surface area contributed by atoms with Gasteiger partial charge in [0, 0.05) is 45.5 Å². The molecule has 0 aliphatic carbocycles. The van der Waals surface area contributed by atoms with Crippen molar-refractivity contribution >= 4 is 11.6 Å². The van der Waals surface area contributed by atoms with Crippen LogP contribution in [0.25, 0.3) is 0 Å². The zero-order valence-electron chi connectivity index (χ0n) is 21.0. The van der Waals surface area contributed by atoms with Crippen molar-refractivity contribution in [3.05, 3.63) is 0 Å². The fraction of sp³-hybridized carbons (Fsp3) is 1.00. The number of unbranched alkanes of at least 4 members (excludes halogenated alkanes) is 5. The number of alkyl halides is 1. The Balaban J connectivity index is 3.01. The molecule has 1 atom stereocenters. The molecule has 0 saturated heterocycles. The maximum atomic E-state index is 9.31. The van der Waals surface area contributed by atoms with Crippen LogP contribution in [0.2, 0.25) is 0 Å². The molecule has 0 aliphatic rings. The van der Waals surface area contributed by atoms with Crippen molar-refractivity contribution in [3.8, 4) is 0 Å². The molecular weight excluding hydrogens is 444 g/mol. The van der Waals surface area contributed by atoms with Gasteiger partial charge in [-0.3, -0.25) is 5.32 Å². The zero-order valence-corrected chi connectivity index (χ0v) is 21.7. The average Bonchev–Trinajstić information content (AvgIpc) is 2.83. The minimum absolute atomic E-state index is 0.281. The number of nitrogens with two attached hydrogens (primary N) is 1. The lowest BCUT2D eigenvalue weighted by Gasteiger charge is -2.09. The van der Waals surface area contributed by atoms with Crippen LogP contribution < -0.4 is 21.7 Å². The Hall–Kier alpha value is -0.0300. The average molecular weight is 497 g/mol. The van der Waals surface area contributed by atoms with Gasteiger partial charge in [0.1, 0.15) is 0 Å². The molecule has 0 bridgehead atoms. The van der Waals surface area contributed by atoms with Gasteiger partial charge in [0.15, 0.2) is 0 Å². The topological polar surface area (TPSA) is 110 Å². The first-order chi connectivity index (χ1) is 16.3. The summed E-state index contributed by atoms with van der Waals surface area (Å²) in [6.45, 7) is 10.1. The highest BCUT2D eigenvalue weighted by Gasteiger charge is 1.99. The summed E-state index contributed by atoms with van der Waals surface area (Å²) in [4.78, 5) is 0. The molecule has 0 aliphatic heterocycles. The normalized spacial score (nSPS) is 12.5. The molecule has 8 nitrogen and oxygen atoms in total. The van der Waals surface area contributed by atoms with E-state index < -0.39 is 6.10 Å². The van der Waals surface area contributed by atoms with E-state index in [0.717, 1.165) is 124 Å². The van der Waals surface area contributed by atoms with E-state index in [1.54, 1.807) is 0 Å². The van der Waals surface area contributed by atoms with E-state index in [2.05, 4.69) is 16.0 Å². The molecule has 1 unspecified atom stereocenters. The number of rotatable bonds is 29. The van der Waals surface area contributed by atoms with Gasteiger partial charge in [-0.25, -0.2) is 0 Å². The summed E-state index contributed by atoms with van der Waals surface area (Å²) in [7, 11) is 0. The van der Waals surface area contributed by atoms with Gasteiger partial charge in [-0.2, -0.15) is 0 Å². The molecule has 0 saturated carbocycles. The number of hydrogen-bond acceptors (Lipinski definition) is 8. The van der Waals surface area contributed by atoms with Crippen LogP contribution in [-0.2, 0) is 14.2 Å². The Morgan fingerprint density at radius 3 is 1.58 bits per heavy atom. The van der Waals surface area contributed by atoms with Crippen LogP contribution in [0.1, 0.15) is 64.2 Å². The second kappa shape index (κ2) is 30.0. The maximum absolute atomic E-state index is 9.31. The predicted molar refractivity (Wildman–Crippen MR) is 138 cm³/mol. The molecular formula is C24H53ClN4O4. The second-order valence-corrected chi connectivity index (χ2v) is 8.67. The first kappa shape index (κ1) is 33.0. The van der Waals surface area contributed by atoms with E-state index in [1.807, 2.05) is 0 Å². The van der Waals surface area contributed by atoms with Gasteiger partial charge >= 0.3 is 0 Å². The SMILES string of the molecule is NCCCCOCCCCNCCCCOCNCCCCOCCCCNCC(O)CCl. The van der Waals surface area contributed by atoms with E-state index in [1.165, 1.54) is 6.42 Å². The van der Waals surface area contributed by atoms with Gasteiger partial charge in [-0.15, -0.1) is 11.6 Å². The van der Waals surface area contributed by atoms with Gasteiger partial charge in [0.05, 0.1) is 12.8 Å². The fourth-order valence-electron chi connectivity index (χ4n) is 3.03. The summed E-state index contributed by atoms with van der Waals surface area (Å²) in [5.74, 6) is 0.281. The molecule has 0 aromatic carbocycles. The predicted octanol–water partition coefficient (Wildman–Crippen LogP) is 2.22. The van der Waals surface area contributed by atoms with Crippen LogP contribution in [0.5, 0.6) is 0 Å². The van der Waals surface area contributed by atoms with E-state index in [0.29, 0.717) is 13.3 Å². The molecule has 0 radical (unpaired) electrons. The van der Waals surface area contributed by atoms with E-state index in [-0.39, 0.29) is 5.88 Å². The Labute approximate surface area is 208 Å². The quantitative estimate of drug-likeness (QED) is 0.0609. The highest BCUT2D eigenvalue weighted by atomic mass is 35.5. The molecule has 0 rings (SSSR count). The lowest BCUT2D eigenvalue weighted by molar-refractivity contribution is 0.109. The second-order valence-electron chi connectivity index (χ2n) is 8.36. The first-order valence-corrected chi connectivity index (χ1v) is 13.6. The third-order valence-corrected chi connectivity index (χ3v) is 5.43. The zero-order chi connectivity index (χ0) is 24.1. The van der Waals surface area contributed by atoms with Crippen molar-refractivity contribution in [2.45, 2.75) is 70.3 Å². The smallest absolute Gasteiger partial charge is 0.0965 e. The minimum atomic E-state index is -0.451. The lowest BCUT2D eigenvalue weighted by Crippen LogP contribution is -2.28. The molecule has 33 heavy (non-hydrogen) atoms. The van der Waals surface area contributed by atoms with Crippen molar-refractivity contribution < 1.29 is 19.3 Å². The summed E-state index contributed by atoms with van der Waals surface area (Å²) in [6, 6.07) is 0. The molecule has 9 heteroatoms. The van der Waals surface area contributed by atoms with Crippen molar-refractivity contribution in [1.82, 2.24) is 16.0 Å². The van der Waals surface area contributed by atoms with E-state index in [4.69, 9.17) is 31.5 Å². The lowest BCUT2D eigenvalue weighted by atomic mass is 10.3. The third-order valence-electron chi connectivity index (χ3n) is 5.07. The molecule has 0 spiro atoms. The van der Waals surface area contributed by atoms with Gasteiger partial charge in [0.2, 0.25) is 0 Å². The van der Waals surface area contributed by atoms with E-state index in [9.17, 15) is 5.11 Å². The fourth-order valence-corrected chi connectivity index (χ4v) is 3.14. The summed E-state index contributed by atoms with van der Waals surface area (Å²) in [5, 5.41) is 19.3. The molecule has 0 aromatic rings. The minimum Gasteiger partial charge on any atom is -0.391 e. The molecule has 6 N–H and O–H groups in total. The van der Waals surface area contributed by atoms with Crippen molar-refractivity contribution in [1.29, 1.82) is 0 Å². The van der Waals surface area contributed by atoms with Gasteiger partial charge in [-0.1, -0.05) is 0 Å². The summed E-state index contributed by atoms with van der Waals surface area (Å²) in [6.07, 6.45) is 10.5. The standard InChI is InChI=1S/C24H53ClN4O4/c25-21-24(30)22-28-14-4-8-18-32-19-9-5-15-29-23-33-20-10-3-13-27-12-2-7-17-31-16-6-1-11-26/h24,27-30H,1-23,26H2. The number of aliphatic hydroxyl groups excluding tert-OH is 1. The van der Waals surface area contributed by atoms with Crippen LogP contribution in [-0.4, -0.2) is 96.1 Å². The molecule has 0 heterocycles.